The molecule has 1 amide bonds. The standard InChI is InChI=1S/C19H24Cl2N4O2/c1-13-7-10-27-17(13)18(26)23-8-4-9-24-19(22-2)25(3)12-14-5-6-15(20)16(21)11-14/h5-7,10-11H,4,8-9,12H2,1-3H3,(H,22,24)(H,23,26). The summed E-state index contributed by atoms with van der Waals surface area (Å²) in [6, 6.07) is 7.33. The number of nitrogens with zero attached hydrogens (tertiary/aromatic N) is 2. The van der Waals surface area contributed by atoms with Crippen LogP contribution in [0.15, 0.2) is 39.9 Å². The average molecular weight is 411 g/mol. The van der Waals surface area contributed by atoms with Crippen molar-refractivity contribution in [1.29, 1.82) is 0 Å². The lowest BCUT2D eigenvalue weighted by atomic mass is 10.2. The lowest BCUT2D eigenvalue weighted by Gasteiger charge is -2.22. The van der Waals surface area contributed by atoms with Crippen LogP contribution >= 0.6 is 23.2 Å². The lowest BCUT2D eigenvalue weighted by molar-refractivity contribution is 0.0925. The summed E-state index contributed by atoms with van der Waals surface area (Å²) in [5, 5.41) is 7.20. The van der Waals surface area contributed by atoms with Crippen molar-refractivity contribution in [3.8, 4) is 0 Å². The fourth-order valence-electron chi connectivity index (χ4n) is 2.55. The highest BCUT2D eigenvalue weighted by Crippen LogP contribution is 2.23. The molecular formula is C19H24Cl2N4O2. The summed E-state index contributed by atoms with van der Waals surface area (Å²) in [5.74, 6) is 0.924. The molecule has 27 heavy (non-hydrogen) atoms. The Hall–Kier alpha value is -2.18. The van der Waals surface area contributed by atoms with Crippen LogP contribution in [0.2, 0.25) is 10.0 Å². The second-order valence-corrected chi connectivity index (χ2v) is 6.94. The summed E-state index contributed by atoms with van der Waals surface area (Å²) in [7, 11) is 3.68. The van der Waals surface area contributed by atoms with E-state index >= 15 is 0 Å². The molecule has 2 aromatic rings. The van der Waals surface area contributed by atoms with Crippen LogP contribution in [0.4, 0.5) is 0 Å². The molecule has 146 valence electrons. The molecule has 1 aromatic carbocycles. The molecule has 0 atom stereocenters. The summed E-state index contributed by atoms with van der Waals surface area (Å²) in [5.41, 5.74) is 1.87. The minimum absolute atomic E-state index is 0.196. The molecule has 0 radical (unpaired) electrons. The highest BCUT2D eigenvalue weighted by molar-refractivity contribution is 6.42. The number of furan rings is 1. The third kappa shape index (κ3) is 6.19. The Bertz CT molecular complexity index is 805. The van der Waals surface area contributed by atoms with E-state index in [0.29, 0.717) is 35.4 Å². The molecule has 0 saturated heterocycles. The van der Waals surface area contributed by atoms with E-state index in [1.54, 1.807) is 19.2 Å². The number of rotatable bonds is 7. The predicted octanol–water partition coefficient (Wildman–Crippen LogP) is 3.72. The molecule has 2 rings (SSSR count). The second-order valence-electron chi connectivity index (χ2n) is 6.12. The van der Waals surface area contributed by atoms with Gasteiger partial charge in [0, 0.05) is 39.3 Å². The van der Waals surface area contributed by atoms with Gasteiger partial charge in [0.2, 0.25) is 0 Å². The molecule has 6 nitrogen and oxygen atoms in total. The Morgan fingerprint density at radius 3 is 2.56 bits per heavy atom. The molecule has 1 heterocycles. The maximum absolute atomic E-state index is 12.0. The van der Waals surface area contributed by atoms with Crippen molar-refractivity contribution >= 4 is 35.1 Å². The van der Waals surface area contributed by atoms with Crippen LogP contribution in [0.3, 0.4) is 0 Å². The number of carbonyl (C=O) groups excluding carboxylic acids is 1. The maximum atomic E-state index is 12.0. The van der Waals surface area contributed by atoms with Gasteiger partial charge in [-0.1, -0.05) is 29.3 Å². The summed E-state index contributed by atoms with van der Waals surface area (Å²) in [4.78, 5) is 18.2. The number of hydrogen-bond acceptors (Lipinski definition) is 3. The zero-order chi connectivity index (χ0) is 19.8. The van der Waals surface area contributed by atoms with Gasteiger partial charge in [0.25, 0.3) is 5.91 Å². The molecule has 0 aliphatic carbocycles. The van der Waals surface area contributed by atoms with Gasteiger partial charge in [-0.05, 0) is 37.1 Å². The van der Waals surface area contributed by atoms with Gasteiger partial charge in [-0.25, -0.2) is 0 Å². The Morgan fingerprint density at radius 1 is 1.19 bits per heavy atom. The number of aliphatic imine (C=N–C) groups is 1. The van der Waals surface area contributed by atoms with E-state index in [-0.39, 0.29) is 5.91 Å². The van der Waals surface area contributed by atoms with Gasteiger partial charge in [0.15, 0.2) is 11.7 Å². The quantitative estimate of drug-likeness (QED) is 0.414. The molecule has 0 saturated carbocycles. The first-order valence-electron chi connectivity index (χ1n) is 8.60. The van der Waals surface area contributed by atoms with Gasteiger partial charge in [-0.3, -0.25) is 9.79 Å². The minimum Gasteiger partial charge on any atom is -0.459 e. The van der Waals surface area contributed by atoms with Crippen molar-refractivity contribution in [2.45, 2.75) is 19.9 Å². The molecule has 0 spiro atoms. The van der Waals surface area contributed by atoms with E-state index in [9.17, 15) is 4.79 Å². The van der Waals surface area contributed by atoms with E-state index < -0.39 is 0 Å². The average Bonchev–Trinajstić information content (AvgIpc) is 3.07. The number of carbonyl (C=O) groups is 1. The van der Waals surface area contributed by atoms with E-state index in [0.717, 1.165) is 23.5 Å². The topological polar surface area (TPSA) is 69.9 Å². The Balaban J connectivity index is 1.74. The summed E-state index contributed by atoms with van der Waals surface area (Å²) >= 11 is 12.0. The third-order valence-electron chi connectivity index (χ3n) is 3.97. The van der Waals surface area contributed by atoms with E-state index in [4.69, 9.17) is 27.6 Å². The minimum atomic E-state index is -0.196. The van der Waals surface area contributed by atoms with Crippen LogP contribution in [0.1, 0.15) is 28.1 Å². The number of aryl methyl sites for hydroxylation is 1. The fraction of sp³-hybridized carbons (Fsp3) is 0.368. The molecule has 0 aliphatic rings. The third-order valence-corrected chi connectivity index (χ3v) is 4.71. The molecule has 0 unspecified atom stereocenters. The Kier molecular flexibility index (Phi) is 8.00. The van der Waals surface area contributed by atoms with Crippen LogP contribution in [0, 0.1) is 6.92 Å². The first-order valence-corrected chi connectivity index (χ1v) is 9.36. The van der Waals surface area contributed by atoms with E-state index in [2.05, 4.69) is 15.6 Å². The normalized spacial score (nSPS) is 11.4. The van der Waals surface area contributed by atoms with Gasteiger partial charge < -0.3 is 20.0 Å². The van der Waals surface area contributed by atoms with E-state index in [1.807, 2.05) is 31.0 Å². The Morgan fingerprint density at radius 2 is 1.93 bits per heavy atom. The maximum Gasteiger partial charge on any atom is 0.287 e. The van der Waals surface area contributed by atoms with Gasteiger partial charge in [0.1, 0.15) is 0 Å². The van der Waals surface area contributed by atoms with Gasteiger partial charge in [-0.2, -0.15) is 0 Å². The molecular weight excluding hydrogens is 387 g/mol. The summed E-state index contributed by atoms with van der Waals surface area (Å²) < 4.78 is 5.17. The number of benzene rings is 1. The van der Waals surface area contributed by atoms with Crippen molar-refractivity contribution in [1.82, 2.24) is 15.5 Å². The largest absolute Gasteiger partial charge is 0.459 e. The number of halogens is 2. The second kappa shape index (κ2) is 10.2. The zero-order valence-corrected chi connectivity index (χ0v) is 17.2. The van der Waals surface area contributed by atoms with Crippen molar-refractivity contribution in [3.05, 3.63) is 57.5 Å². The monoisotopic (exact) mass is 410 g/mol. The SMILES string of the molecule is CN=C(NCCCNC(=O)c1occc1C)N(C)Cc1ccc(Cl)c(Cl)c1. The highest BCUT2D eigenvalue weighted by Gasteiger charge is 2.12. The van der Waals surface area contributed by atoms with Crippen LogP contribution < -0.4 is 10.6 Å². The van der Waals surface area contributed by atoms with Crippen LogP contribution in [0.25, 0.3) is 0 Å². The lowest BCUT2D eigenvalue weighted by Crippen LogP contribution is -2.39. The molecule has 8 heteroatoms. The first kappa shape index (κ1) is 21.1. The molecule has 1 aromatic heterocycles. The summed E-state index contributed by atoms with van der Waals surface area (Å²) in [6.45, 7) is 3.70. The van der Waals surface area contributed by atoms with Gasteiger partial charge in [0.05, 0.1) is 16.3 Å². The number of guanidine groups is 1. The molecule has 0 aliphatic heterocycles. The zero-order valence-electron chi connectivity index (χ0n) is 15.7. The first-order chi connectivity index (χ1) is 12.9. The smallest absolute Gasteiger partial charge is 0.287 e. The molecule has 2 N–H and O–H groups in total. The highest BCUT2D eigenvalue weighted by atomic mass is 35.5. The Labute approximate surface area is 169 Å². The van der Waals surface area contributed by atoms with Crippen LogP contribution in [0.5, 0.6) is 0 Å². The predicted molar refractivity (Wildman–Crippen MR) is 110 cm³/mol. The number of amides is 1. The van der Waals surface area contributed by atoms with Crippen LogP contribution in [-0.4, -0.2) is 44.0 Å². The van der Waals surface area contributed by atoms with Crippen molar-refractivity contribution in [3.63, 3.8) is 0 Å². The number of nitrogens with one attached hydrogen (secondary N) is 2. The molecule has 0 fully saturated rings. The van der Waals surface area contributed by atoms with E-state index in [1.165, 1.54) is 6.26 Å². The summed E-state index contributed by atoms with van der Waals surface area (Å²) in [6.07, 6.45) is 2.27. The van der Waals surface area contributed by atoms with Gasteiger partial charge >= 0.3 is 0 Å². The molecule has 0 bridgehead atoms. The van der Waals surface area contributed by atoms with Crippen LogP contribution in [-0.2, 0) is 6.54 Å². The van der Waals surface area contributed by atoms with Crippen molar-refractivity contribution < 1.29 is 9.21 Å². The number of hydrogen-bond donors (Lipinski definition) is 2. The fourth-order valence-corrected chi connectivity index (χ4v) is 2.87. The van der Waals surface area contributed by atoms with Crippen molar-refractivity contribution in [2.75, 3.05) is 27.2 Å². The van der Waals surface area contributed by atoms with Gasteiger partial charge in [-0.15, -0.1) is 0 Å². The van der Waals surface area contributed by atoms with Crippen molar-refractivity contribution in [2.24, 2.45) is 4.99 Å².